The largest absolute Gasteiger partial charge is 0.380 e. The van der Waals surface area contributed by atoms with Crippen molar-refractivity contribution >= 4 is 0 Å². The molecule has 0 aliphatic rings. The predicted molar refractivity (Wildman–Crippen MR) is 52.4 cm³/mol. The van der Waals surface area contributed by atoms with E-state index in [1.807, 2.05) is 25.1 Å². The number of hydrogen-bond acceptors (Lipinski definition) is 3. The van der Waals surface area contributed by atoms with Gasteiger partial charge in [0.1, 0.15) is 0 Å². The number of rotatable bonds is 5. The fourth-order valence-corrected chi connectivity index (χ4v) is 1.12. The van der Waals surface area contributed by atoms with Crippen molar-refractivity contribution in [1.82, 2.24) is 4.98 Å². The molecule has 0 aliphatic carbocycles. The van der Waals surface area contributed by atoms with Crippen molar-refractivity contribution in [3.63, 3.8) is 0 Å². The first-order chi connectivity index (χ1) is 6.33. The van der Waals surface area contributed by atoms with Gasteiger partial charge in [0.05, 0.1) is 6.61 Å². The van der Waals surface area contributed by atoms with Gasteiger partial charge in [0.25, 0.3) is 0 Å². The van der Waals surface area contributed by atoms with Gasteiger partial charge >= 0.3 is 0 Å². The van der Waals surface area contributed by atoms with Gasteiger partial charge in [-0.05, 0) is 19.1 Å². The number of nitrogens with zero attached hydrogens (tertiary/aromatic N) is 1. The summed E-state index contributed by atoms with van der Waals surface area (Å²) in [6, 6.07) is 5.90. The SMILES string of the molecule is CCOCC(N)Cc1ccccn1. The van der Waals surface area contributed by atoms with E-state index >= 15 is 0 Å². The van der Waals surface area contributed by atoms with Gasteiger partial charge in [-0.3, -0.25) is 4.98 Å². The molecule has 0 amide bonds. The van der Waals surface area contributed by atoms with Gasteiger partial charge < -0.3 is 10.5 Å². The summed E-state index contributed by atoms with van der Waals surface area (Å²) in [5.74, 6) is 0. The third-order valence-corrected chi connectivity index (χ3v) is 1.73. The number of nitrogens with two attached hydrogens (primary N) is 1. The van der Waals surface area contributed by atoms with Crippen LogP contribution in [0, 0.1) is 0 Å². The summed E-state index contributed by atoms with van der Waals surface area (Å²) in [5.41, 5.74) is 6.85. The molecule has 0 radical (unpaired) electrons. The van der Waals surface area contributed by atoms with E-state index in [1.54, 1.807) is 6.20 Å². The molecule has 13 heavy (non-hydrogen) atoms. The minimum absolute atomic E-state index is 0.0508. The first kappa shape index (κ1) is 10.2. The number of ether oxygens (including phenoxy) is 1. The number of aromatic nitrogens is 1. The van der Waals surface area contributed by atoms with Crippen LogP contribution in [-0.2, 0) is 11.2 Å². The average Bonchev–Trinajstić information content (AvgIpc) is 2.16. The van der Waals surface area contributed by atoms with Crippen LogP contribution in [0.3, 0.4) is 0 Å². The number of hydrogen-bond donors (Lipinski definition) is 1. The lowest BCUT2D eigenvalue weighted by molar-refractivity contribution is 0.133. The minimum atomic E-state index is 0.0508. The smallest absolute Gasteiger partial charge is 0.0621 e. The highest BCUT2D eigenvalue weighted by atomic mass is 16.5. The van der Waals surface area contributed by atoms with E-state index in [4.69, 9.17) is 10.5 Å². The molecule has 0 saturated carbocycles. The van der Waals surface area contributed by atoms with Gasteiger partial charge in [-0.25, -0.2) is 0 Å². The van der Waals surface area contributed by atoms with Crippen LogP contribution in [0.15, 0.2) is 24.4 Å². The molecule has 1 heterocycles. The first-order valence-corrected chi connectivity index (χ1v) is 4.56. The Balaban J connectivity index is 2.32. The second-order valence-electron chi connectivity index (χ2n) is 2.94. The van der Waals surface area contributed by atoms with E-state index in [0.717, 1.165) is 18.7 Å². The summed E-state index contributed by atoms with van der Waals surface area (Å²) in [4.78, 5) is 4.19. The van der Waals surface area contributed by atoms with E-state index in [1.165, 1.54) is 0 Å². The lowest BCUT2D eigenvalue weighted by Gasteiger charge is -2.10. The second kappa shape index (κ2) is 5.67. The maximum atomic E-state index is 5.83. The molecule has 1 aromatic heterocycles. The monoisotopic (exact) mass is 180 g/mol. The molecular weight excluding hydrogens is 164 g/mol. The van der Waals surface area contributed by atoms with Gasteiger partial charge in [0.2, 0.25) is 0 Å². The summed E-state index contributed by atoms with van der Waals surface area (Å²) < 4.78 is 5.21. The minimum Gasteiger partial charge on any atom is -0.380 e. The third kappa shape index (κ3) is 4.01. The summed E-state index contributed by atoms with van der Waals surface area (Å²) in [7, 11) is 0. The fourth-order valence-electron chi connectivity index (χ4n) is 1.12. The lowest BCUT2D eigenvalue weighted by Crippen LogP contribution is -2.28. The van der Waals surface area contributed by atoms with Gasteiger partial charge in [0.15, 0.2) is 0 Å². The van der Waals surface area contributed by atoms with Crippen LogP contribution in [0.1, 0.15) is 12.6 Å². The Morgan fingerprint density at radius 3 is 3.00 bits per heavy atom. The quantitative estimate of drug-likeness (QED) is 0.735. The summed E-state index contributed by atoms with van der Waals surface area (Å²) in [6.45, 7) is 3.29. The molecule has 0 bridgehead atoms. The van der Waals surface area contributed by atoms with Crippen LogP contribution in [0.4, 0.5) is 0 Å². The van der Waals surface area contributed by atoms with Crippen molar-refractivity contribution in [1.29, 1.82) is 0 Å². The predicted octanol–water partition coefficient (Wildman–Crippen LogP) is 0.988. The summed E-state index contributed by atoms with van der Waals surface area (Å²) in [6.07, 6.45) is 2.56. The maximum Gasteiger partial charge on any atom is 0.0621 e. The molecule has 2 N–H and O–H groups in total. The molecular formula is C10H16N2O. The Labute approximate surface area is 78.9 Å². The molecule has 1 atom stereocenters. The molecule has 1 aromatic rings. The molecule has 0 fully saturated rings. The fraction of sp³-hybridized carbons (Fsp3) is 0.500. The summed E-state index contributed by atoms with van der Waals surface area (Å²) in [5, 5.41) is 0. The molecule has 0 saturated heterocycles. The van der Waals surface area contributed by atoms with Gasteiger partial charge in [0, 0.05) is 31.0 Å². The molecule has 1 rings (SSSR count). The van der Waals surface area contributed by atoms with Crippen LogP contribution in [0.25, 0.3) is 0 Å². The topological polar surface area (TPSA) is 48.1 Å². The van der Waals surface area contributed by atoms with Crippen LogP contribution in [0.5, 0.6) is 0 Å². The normalized spacial score (nSPS) is 12.8. The van der Waals surface area contributed by atoms with Crippen molar-refractivity contribution < 1.29 is 4.74 Å². The average molecular weight is 180 g/mol. The van der Waals surface area contributed by atoms with Crippen LogP contribution in [-0.4, -0.2) is 24.2 Å². The molecule has 0 aliphatic heterocycles. The van der Waals surface area contributed by atoms with Crippen molar-refractivity contribution in [3.8, 4) is 0 Å². The Morgan fingerprint density at radius 2 is 2.38 bits per heavy atom. The Kier molecular flexibility index (Phi) is 4.43. The van der Waals surface area contributed by atoms with E-state index < -0.39 is 0 Å². The Morgan fingerprint density at radius 1 is 1.54 bits per heavy atom. The van der Waals surface area contributed by atoms with Crippen LogP contribution >= 0.6 is 0 Å². The molecule has 3 heteroatoms. The van der Waals surface area contributed by atoms with Crippen LogP contribution in [0.2, 0.25) is 0 Å². The molecule has 3 nitrogen and oxygen atoms in total. The highest BCUT2D eigenvalue weighted by molar-refractivity contribution is 5.04. The Bertz CT molecular complexity index is 226. The second-order valence-corrected chi connectivity index (χ2v) is 2.94. The highest BCUT2D eigenvalue weighted by Gasteiger charge is 2.03. The lowest BCUT2D eigenvalue weighted by atomic mass is 10.1. The van der Waals surface area contributed by atoms with E-state index in [0.29, 0.717) is 6.61 Å². The maximum absolute atomic E-state index is 5.83. The first-order valence-electron chi connectivity index (χ1n) is 4.56. The third-order valence-electron chi connectivity index (χ3n) is 1.73. The summed E-state index contributed by atoms with van der Waals surface area (Å²) >= 11 is 0. The van der Waals surface area contributed by atoms with Gasteiger partial charge in [-0.2, -0.15) is 0 Å². The van der Waals surface area contributed by atoms with Crippen molar-refractivity contribution in [3.05, 3.63) is 30.1 Å². The van der Waals surface area contributed by atoms with E-state index in [-0.39, 0.29) is 6.04 Å². The van der Waals surface area contributed by atoms with Crippen LogP contribution < -0.4 is 5.73 Å². The van der Waals surface area contributed by atoms with Gasteiger partial charge in [-0.15, -0.1) is 0 Å². The molecule has 1 unspecified atom stereocenters. The molecule has 72 valence electrons. The van der Waals surface area contributed by atoms with E-state index in [2.05, 4.69) is 4.98 Å². The zero-order valence-electron chi connectivity index (χ0n) is 7.94. The molecule has 0 aromatic carbocycles. The van der Waals surface area contributed by atoms with Crippen molar-refractivity contribution in [2.75, 3.05) is 13.2 Å². The zero-order chi connectivity index (χ0) is 9.52. The zero-order valence-corrected chi connectivity index (χ0v) is 7.94. The van der Waals surface area contributed by atoms with Crippen molar-refractivity contribution in [2.24, 2.45) is 5.73 Å². The van der Waals surface area contributed by atoms with Gasteiger partial charge in [-0.1, -0.05) is 6.07 Å². The molecule has 0 spiro atoms. The van der Waals surface area contributed by atoms with Crippen molar-refractivity contribution in [2.45, 2.75) is 19.4 Å². The number of pyridine rings is 1. The standard InChI is InChI=1S/C10H16N2O/c1-2-13-8-9(11)7-10-5-3-4-6-12-10/h3-6,9H,2,7-8,11H2,1H3. The highest BCUT2D eigenvalue weighted by Crippen LogP contribution is 1.97. The Hall–Kier alpha value is -0.930. The van der Waals surface area contributed by atoms with E-state index in [9.17, 15) is 0 Å².